The maximum Gasteiger partial charge on any atom is 0.303 e. The fourth-order valence-corrected chi connectivity index (χ4v) is 6.76. The van der Waals surface area contributed by atoms with Gasteiger partial charge in [0.1, 0.15) is 5.75 Å². The van der Waals surface area contributed by atoms with E-state index in [0.717, 1.165) is 5.57 Å². The van der Waals surface area contributed by atoms with Crippen LogP contribution in [0.15, 0.2) is 52.6 Å². The highest BCUT2D eigenvalue weighted by atomic mass is 35.5. The Morgan fingerprint density at radius 3 is 2.55 bits per heavy atom. The van der Waals surface area contributed by atoms with Crippen molar-refractivity contribution in [3.8, 4) is 5.75 Å². The monoisotopic (exact) mass is 537 g/mol. The molecule has 2 N–H and O–H groups in total. The van der Waals surface area contributed by atoms with Gasteiger partial charge in [0.25, 0.3) is 0 Å². The summed E-state index contributed by atoms with van der Waals surface area (Å²) in [6, 6.07) is 4.51. The Kier molecular flexibility index (Phi) is 6.86. The number of benzene rings is 1. The number of aromatic hydroxyl groups is 1. The molecule has 198 valence electrons. The van der Waals surface area contributed by atoms with Crippen LogP contribution in [0.1, 0.15) is 56.9 Å². The van der Waals surface area contributed by atoms with E-state index in [1.165, 1.54) is 23.1 Å². The summed E-state index contributed by atoms with van der Waals surface area (Å²) in [7, 11) is 0. The molecule has 0 unspecified atom stereocenters. The van der Waals surface area contributed by atoms with Crippen molar-refractivity contribution < 1.29 is 34.2 Å². The highest BCUT2D eigenvalue weighted by Crippen LogP contribution is 2.56. The number of carboxylic acid groups (broad SMARTS) is 1. The largest absolute Gasteiger partial charge is 0.508 e. The second kappa shape index (κ2) is 9.98. The third-order valence-electron chi connectivity index (χ3n) is 8.22. The number of fused-ring (bicyclic) bond motifs is 3. The molecule has 4 aliphatic rings. The molecule has 8 nitrogen and oxygen atoms in total. The Labute approximate surface area is 224 Å². The maximum absolute atomic E-state index is 13.6. The lowest BCUT2D eigenvalue weighted by Crippen LogP contribution is -2.40. The van der Waals surface area contributed by atoms with Gasteiger partial charge in [0.2, 0.25) is 11.8 Å². The first-order valence-corrected chi connectivity index (χ1v) is 13.2. The average Bonchev–Trinajstić information content (AvgIpc) is 3.11. The van der Waals surface area contributed by atoms with Crippen LogP contribution in [0, 0.1) is 17.8 Å². The minimum absolute atomic E-state index is 0.0318. The number of imide groups is 1. The van der Waals surface area contributed by atoms with E-state index in [2.05, 4.69) is 0 Å². The zero-order valence-electron chi connectivity index (χ0n) is 20.9. The number of hydrogen-bond donors (Lipinski definition) is 2. The van der Waals surface area contributed by atoms with Gasteiger partial charge in [-0.2, -0.15) is 0 Å². The highest BCUT2D eigenvalue weighted by Gasteiger charge is 2.56. The summed E-state index contributed by atoms with van der Waals surface area (Å²) in [6.45, 7) is 1.83. The van der Waals surface area contributed by atoms with Crippen LogP contribution in [-0.2, 0) is 24.0 Å². The molecule has 5 rings (SSSR count). The number of allylic oxidation sites excluding steroid dienone is 6. The summed E-state index contributed by atoms with van der Waals surface area (Å²) in [5.74, 6) is -4.25. The summed E-state index contributed by atoms with van der Waals surface area (Å²) < 4.78 is 0. The number of hydrogen-bond acceptors (Lipinski definition) is 6. The summed E-state index contributed by atoms with van der Waals surface area (Å²) in [5, 5.41) is 19.0. The lowest BCUT2D eigenvalue weighted by Gasteiger charge is -2.42. The Balaban J connectivity index is 1.50. The molecule has 0 radical (unpaired) electrons. The molecule has 4 atom stereocenters. The predicted molar refractivity (Wildman–Crippen MR) is 137 cm³/mol. The minimum atomic E-state index is -0.877. The molecule has 1 aliphatic heterocycles. The van der Waals surface area contributed by atoms with Gasteiger partial charge in [0, 0.05) is 40.6 Å². The lowest BCUT2D eigenvalue weighted by molar-refractivity contribution is -0.141. The van der Waals surface area contributed by atoms with Crippen LogP contribution in [0.5, 0.6) is 5.75 Å². The molecule has 0 saturated carbocycles. The molecule has 0 bridgehead atoms. The number of unbranched alkanes of at least 4 members (excludes halogenated alkanes) is 2. The van der Waals surface area contributed by atoms with Crippen LogP contribution in [0.2, 0.25) is 5.02 Å². The summed E-state index contributed by atoms with van der Waals surface area (Å²) in [4.78, 5) is 65.5. The number of amides is 2. The Morgan fingerprint density at radius 2 is 1.84 bits per heavy atom. The first kappa shape index (κ1) is 26.1. The fourth-order valence-electron chi connectivity index (χ4n) is 6.48. The van der Waals surface area contributed by atoms with E-state index in [1.807, 2.05) is 6.08 Å². The molecule has 0 spiro atoms. The van der Waals surface area contributed by atoms with Crippen LogP contribution in [0.4, 0.5) is 0 Å². The van der Waals surface area contributed by atoms with Crippen molar-refractivity contribution in [2.75, 3.05) is 6.54 Å². The van der Waals surface area contributed by atoms with Crippen LogP contribution in [0.3, 0.4) is 0 Å². The smallest absolute Gasteiger partial charge is 0.303 e. The molecule has 0 aromatic heterocycles. The van der Waals surface area contributed by atoms with E-state index in [9.17, 15) is 29.1 Å². The number of rotatable bonds is 7. The third-order valence-corrected chi connectivity index (χ3v) is 8.55. The van der Waals surface area contributed by atoms with Crippen LogP contribution >= 0.6 is 11.6 Å². The van der Waals surface area contributed by atoms with E-state index < -0.39 is 29.6 Å². The number of carbonyl (C=O) groups is 5. The molecule has 38 heavy (non-hydrogen) atoms. The predicted octanol–water partition coefficient (Wildman–Crippen LogP) is 4.12. The van der Waals surface area contributed by atoms with E-state index in [4.69, 9.17) is 16.7 Å². The van der Waals surface area contributed by atoms with Gasteiger partial charge in [0.15, 0.2) is 11.6 Å². The standard InChI is InChI=1S/C29H28ClNO7/c1-14-11-22(33)20-13-19-16(24(26(20)27(14)36)17-7-6-15(32)12-21(17)30)8-9-18-25(19)29(38)31(28(18)37)10-4-2-3-5-23(34)35/h6-8,11-12,18-19,24-25,32H,2-5,9-10,13H2,1H3,(H,34,35)/t18-,19+,24+,25-/m0/s1. The first-order chi connectivity index (χ1) is 18.1. The van der Waals surface area contributed by atoms with Gasteiger partial charge >= 0.3 is 5.97 Å². The van der Waals surface area contributed by atoms with Crippen molar-refractivity contribution in [1.82, 2.24) is 4.90 Å². The van der Waals surface area contributed by atoms with Gasteiger partial charge in [-0.15, -0.1) is 0 Å². The van der Waals surface area contributed by atoms with Crippen LogP contribution in [-0.4, -0.2) is 51.0 Å². The number of carboxylic acids is 1. The minimum Gasteiger partial charge on any atom is -0.508 e. The molecule has 3 aliphatic carbocycles. The Bertz CT molecular complexity index is 1370. The van der Waals surface area contributed by atoms with Gasteiger partial charge in [-0.05, 0) is 62.3 Å². The fraction of sp³-hybridized carbons (Fsp3) is 0.414. The van der Waals surface area contributed by atoms with E-state index >= 15 is 0 Å². The van der Waals surface area contributed by atoms with Crippen molar-refractivity contribution in [3.63, 3.8) is 0 Å². The first-order valence-electron chi connectivity index (χ1n) is 12.9. The quantitative estimate of drug-likeness (QED) is 0.231. The van der Waals surface area contributed by atoms with Crippen molar-refractivity contribution in [2.24, 2.45) is 17.8 Å². The summed E-state index contributed by atoms with van der Waals surface area (Å²) >= 11 is 6.55. The number of carbonyl (C=O) groups excluding carboxylic acids is 4. The zero-order valence-corrected chi connectivity index (χ0v) is 21.7. The number of halogens is 1. The molecule has 1 fully saturated rings. The summed E-state index contributed by atoms with van der Waals surface area (Å²) in [5.41, 5.74) is 2.41. The van der Waals surface area contributed by atoms with Gasteiger partial charge < -0.3 is 10.2 Å². The average molecular weight is 538 g/mol. The number of ketones is 2. The SMILES string of the molecule is CC1=CC(=O)C2=C(C1=O)[C@@H](c1ccc(O)cc1Cl)C1=CC[C@@H]3C(=O)N(CCCCCC(=O)O)C(=O)[C@@H]3[C@@H]1C2. The Morgan fingerprint density at radius 1 is 1.08 bits per heavy atom. The van der Waals surface area contributed by atoms with Gasteiger partial charge in [0.05, 0.1) is 11.8 Å². The van der Waals surface area contributed by atoms with Crippen LogP contribution in [0.25, 0.3) is 0 Å². The molecule has 2 amide bonds. The maximum atomic E-state index is 13.6. The number of likely N-dealkylation sites (tertiary alicyclic amines) is 1. The number of Topliss-reactive ketones (excluding diaryl/α,β-unsaturated/α-hetero) is 1. The molecular formula is C29H28ClNO7. The second-order valence-electron chi connectivity index (χ2n) is 10.5. The molecule has 1 aromatic rings. The highest BCUT2D eigenvalue weighted by molar-refractivity contribution is 6.32. The second-order valence-corrected chi connectivity index (χ2v) is 10.9. The number of aliphatic carboxylic acids is 1. The van der Waals surface area contributed by atoms with E-state index in [-0.39, 0.29) is 53.5 Å². The Hall–Kier alpha value is -3.52. The van der Waals surface area contributed by atoms with Gasteiger partial charge in [-0.1, -0.05) is 35.7 Å². The number of phenols is 1. The van der Waals surface area contributed by atoms with E-state index in [0.29, 0.717) is 48.0 Å². The third kappa shape index (κ3) is 4.30. The zero-order chi connectivity index (χ0) is 27.3. The van der Waals surface area contributed by atoms with Crippen molar-refractivity contribution in [2.45, 2.75) is 51.4 Å². The van der Waals surface area contributed by atoms with Crippen molar-refractivity contribution >= 4 is 41.0 Å². The lowest BCUT2D eigenvalue weighted by atomic mass is 9.59. The van der Waals surface area contributed by atoms with Gasteiger partial charge in [-0.25, -0.2) is 0 Å². The number of nitrogens with zero attached hydrogens (tertiary/aromatic N) is 1. The number of phenolic OH excluding ortho intramolecular Hbond substituents is 1. The van der Waals surface area contributed by atoms with Crippen molar-refractivity contribution in [3.05, 3.63) is 63.2 Å². The topological polar surface area (TPSA) is 129 Å². The van der Waals surface area contributed by atoms with Gasteiger partial charge in [-0.3, -0.25) is 28.9 Å². The summed E-state index contributed by atoms with van der Waals surface area (Å²) in [6.07, 6.45) is 5.41. The van der Waals surface area contributed by atoms with Crippen molar-refractivity contribution in [1.29, 1.82) is 0 Å². The molecule has 1 aromatic carbocycles. The van der Waals surface area contributed by atoms with Crippen LogP contribution < -0.4 is 0 Å². The molecule has 1 saturated heterocycles. The molecule has 9 heteroatoms. The van der Waals surface area contributed by atoms with E-state index in [1.54, 1.807) is 13.0 Å². The molecular weight excluding hydrogens is 510 g/mol. The molecule has 1 heterocycles. The normalized spacial score (nSPS) is 26.6.